The van der Waals surface area contributed by atoms with Crippen LogP contribution in [0.1, 0.15) is 20.3 Å². The SMILES string of the molecule is CCCNc1ncc(Cl)c(NC(C)CS(C)(=O)=O)n1. The molecule has 0 radical (unpaired) electrons. The summed E-state index contributed by atoms with van der Waals surface area (Å²) in [4.78, 5) is 8.27. The number of rotatable bonds is 7. The third-order valence-corrected chi connectivity index (χ3v) is 3.60. The Labute approximate surface area is 118 Å². The van der Waals surface area contributed by atoms with E-state index in [4.69, 9.17) is 11.6 Å². The molecule has 1 aromatic heterocycles. The van der Waals surface area contributed by atoms with Gasteiger partial charge in [0.15, 0.2) is 5.82 Å². The molecule has 108 valence electrons. The van der Waals surface area contributed by atoms with Gasteiger partial charge in [0.25, 0.3) is 0 Å². The molecule has 0 aromatic carbocycles. The molecule has 0 saturated carbocycles. The van der Waals surface area contributed by atoms with Crippen LogP contribution in [-0.2, 0) is 9.84 Å². The quantitative estimate of drug-likeness (QED) is 0.799. The predicted octanol–water partition coefficient (Wildman–Crippen LogP) is 1.80. The van der Waals surface area contributed by atoms with Crippen molar-refractivity contribution in [3.63, 3.8) is 0 Å². The summed E-state index contributed by atoms with van der Waals surface area (Å²) in [6.07, 6.45) is 3.64. The van der Waals surface area contributed by atoms with E-state index in [0.29, 0.717) is 16.8 Å². The molecule has 1 unspecified atom stereocenters. The van der Waals surface area contributed by atoms with E-state index in [1.807, 2.05) is 6.92 Å². The molecule has 1 atom stereocenters. The minimum atomic E-state index is -3.05. The Kier molecular flexibility index (Phi) is 5.81. The topological polar surface area (TPSA) is 84.0 Å². The van der Waals surface area contributed by atoms with Crippen molar-refractivity contribution >= 4 is 33.2 Å². The van der Waals surface area contributed by atoms with Crippen molar-refractivity contribution in [3.05, 3.63) is 11.2 Å². The van der Waals surface area contributed by atoms with Crippen molar-refractivity contribution < 1.29 is 8.42 Å². The van der Waals surface area contributed by atoms with Crippen LogP contribution in [0.5, 0.6) is 0 Å². The van der Waals surface area contributed by atoms with E-state index >= 15 is 0 Å². The maximum absolute atomic E-state index is 11.2. The lowest BCUT2D eigenvalue weighted by atomic mass is 10.4. The Hall–Kier alpha value is -1.08. The normalized spacial score (nSPS) is 13.1. The Bertz CT molecular complexity index is 521. The predicted molar refractivity (Wildman–Crippen MR) is 78.6 cm³/mol. The van der Waals surface area contributed by atoms with Crippen LogP contribution in [0.3, 0.4) is 0 Å². The molecule has 1 rings (SSSR count). The van der Waals surface area contributed by atoms with Crippen LogP contribution in [0.15, 0.2) is 6.20 Å². The van der Waals surface area contributed by atoms with Gasteiger partial charge in [-0.15, -0.1) is 0 Å². The summed E-state index contributed by atoms with van der Waals surface area (Å²) >= 11 is 5.98. The molecular weight excluding hydrogens is 288 g/mol. The number of aromatic nitrogens is 2. The van der Waals surface area contributed by atoms with Gasteiger partial charge < -0.3 is 10.6 Å². The molecule has 0 saturated heterocycles. The minimum absolute atomic E-state index is 0.0189. The van der Waals surface area contributed by atoms with E-state index in [9.17, 15) is 8.42 Å². The average molecular weight is 307 g/mol. The number of sulfone groups is 1. The van der Waals surface area contributed by atoms with E-state index in [2.05, 4.69) is 20.6 Å². The lowest BCUT2D eigenvalue weighted by Crippen LogP contribution is -2.25. The smallest absolute Gasteiger partial charge is 0.224 e. The van der Waals surface area contributed by atoms with Crippen molar-refractivity contribution in [2.45, 2.75) is 26.3 Å². The van der Waals surface area contributed by atoms with Gasteiger partial charge in [0, 0.05) is 18.8 Å². The highest BCUT2D eigenvalue weighted by molar-refractivity contribution is 7.90. The maximum atomic E-state index is 11.2. The van der Waals surface area contributed by atoms with Crippen molar-refractivity contribution in [1.29, 1.82) is 0 Å². The van der Waals surface area contributed by atoms with E-state index < -0.39 is 9.84 Å². The zero-order valence-electron chi connectivity index (χ0n) is 11.3. The van der Waals surface area contributed by atoms with Gasteiger partial charge in [0.05, 0.1) is 11.9 Å². The van der Waals surface area contributed by atoms with E-state index in [1.165, 1.54) is 12.5 Å². The molecule has 8 heteroatoms. The summed E-state index contributed by atoms with van der Waals surface area (Å²) in [6.45, 7) is 4.56. The first kappa shape index (κ1) is 16.0. The summed E-state index contributed by atoms with van der Waals surface area (Å²) in [5.41, 5.74) is 0. The standard InChI is InChI=1S/C11H19ClN4O2S/c1-4-5-13-11-14-6-9(12)10(16-11)15-8(2)7-19(3,17)18/h6,8H,4-5,7H2,1-3H3,(H2,13,14,15,16). The molecule has 0 aliphatic carbocycles. The largest absolute Gasteiger partial charge is 0.365 e. The Morgan fingerprint density at radius 3 is 2.74 bits per heavy atom. The van der Waals surface area contributed by atoms with Crippen molar-refractivity contribution in [2.75, 3.05) is 29.2 Å². The molecule has 1 aromatic rings. The fourth-order valence-electron chi connectivity index (χ4n) is 1.52. The van der Waals surface area contributed by atoms with Gasteiger partial charge in [0.1, 0.15) is 14.9 Å². The lowest BCUT2D eigenvalue weighted by molar-refractivity contribution is 0.598. The third-order valence-electron chi connectivity index (χ3n) is 2.21. The highest BCUT2D eigenvalue weighted by Crippen LogP contribution is 2.20. The number of nitrogens with one attached hydrogen (secondary N) is 2. The summed E-state index contributed by atoms with van der Waals surface area (Å²) < 4.78 is 22.4. The highest BCUT2D eigenvalue weighted by Gasteiger charge is 2.13. The monoisotopic (exact) mass is 306 g/mol. The Morgan fingerprint density at radius 2 is 2.16 bits per heavy atom. The van der Waals surface area contributed by atoms with Crippen LogP contribution in [0, 0.1) is 0 Å². The zero-order valence-corrected chi connectivity index (χ0v) is 12.8. The third kappa shape index (κ3) is 6.07. The second-order valence-electron chi connectivity index (χ2n) is 4.45. The van der Waals surface area contributed by atoms with Gasteiger partial charge in [0.2, 0.25) is 5.95 Å². The van der Waals surface area contributed by atoms with Crippen LogP contribution >= 0.6 is 11.6 Å². The highest BCUT2D eigenvalue weighted by atomic mass is 35.5. The van der Waals surface area contributed by atoms with Gasteiger partial charge in [-0.1, -0.05) is 18.5 Å². The van der Waals surface area contributed by atoms with Crippen molar-refractivity contribution in [2.24, 2.45) is 0 Å². The van der Waals surface area contributed by atoms with E-state index in [1.54, 1.807) is 6.92 Å². The number of nitrogens with zero attached hydrogens (tertiary/aromatic N) is 2. The lowest BCUT2D eigenvalue weighted by Gasteiger charge is -2.15. The van der Waals surface area contributed by atoms with E-state index in [0.717, 1.165) is 13.0 Å². The zero-order chi connectivity index (χ0) is 14.5. The van der Waals surface area contributed by atoms with Gasteiger partial charge >= 0.3 is 0 Å². The number of hydrogen-bond acceptors (Lipinski definition) is 6. The average Bonchev–Trinajstić information content (AvgIpc) is 2.27. The summed E-state index contributed by atoms with van der Waals surface area (Å²) in [6, 6.07) is -0.276. The number of anilines is 2. The molecule has 6 nitrogen and oxygen atoms in total. The maximum Gasteiger partial charge on any atom is 0.224 e. The Balaban J connectivity index is 2.76. The summed E-state index contributed by atoms with van der Waals surface area (Å²) in [7, 11) is -3.05. The van der Waals surface area contributed by atoms with E-state index in [-0.39, 0.29) is 11.8 Å². The first-order valence-corrected chi connectivity index (χ1v) is 8.46. The molecule has 0 aliphatic heterocycles. The summed E-state index contributed by atoms with van der Waals surface area (Å²) in [5, 5.41) is 6.39. The van der Waals surface area contributed by atoms with Crippen LogP contribution in [0.25, 0.3) is 0 Å². The van der Waals surface area contributed by atoms with Crippen molar-refractivity contribution in [3.8, 4) is 0 Å². The van der Waals surface area contributed by atoms with Crippen molar-refractivity contribution in [1.82, 2.24) is 9.97 Å². The molecule has 1 heterocycles. The molecule has 0 spiro atoms. The van der Waals surface area contributed by atoms with Crippen LogP contribution in [0.2, 0.25) is 5.02 Å². The fraction of sp³-hybridized carbons (Fsp3) is 0.636. The second-order valence-corrected chi connectivity index (χ2v) is 7.05. The first-order valence-electron chi connectivity index (χ1n) is 6.02. The first-order chi connectivity index (χ1) is 8.81. The number of halogens is 1. The van der Waals surface area contributed by atoms with Gasteiger partial charge in [-0.3, -0.25) is 0 Å². The molecular formula is C11H19ClN4O2S. The van der Waals surface area contributed by atoms with Gasteiger partial charge in [-0.2, -0.15) is 4.98 Å². The Morgan fingerprint density at radius 1 is 1.47 bits per heavy atom. The van der Waals surface area contributed by atoms with Gasteiger partial charge in [-0.25, -0.2) is 13.4 Å². The van der Waals surface area contributed by atoms with Crippen LogP contribution in [0.4, 0.5) is 11.8 Å². The summed E-state index contributed by atoms with van der Waals surface area (Å²) in [5.74, 6) is 0.928. The van der Waals surface area contributed by atoms with Gasteiger partial charge in [-0.05, 0) is 13.3 Å². The molecule has 0 amide bonds. The molecule has 0 bridgehead atoms. The van der Waals surface area contributed by atoms with Crippen LogP contribution < -0.4 is 10.6 Å². The molecule has 19 heavy (non-hydrogen) atoms. The molecule has 2 N–H and O–H groups in total. The van der Waals surface area contributed by atoms with Crippen LogP contribution in [-0.4, -0.2) is 43.0 Å². The molecule has 0 aliphatic rings. The number of hydrogen-bond donors (Lipinski definition) is 2. The minimum Gasteiger partial charge on any atom is -0.365 e. The molecule has 0 fully saturated rings. The fourth-order valence-corrected chi connectivity index (χ4v) is 2.66. The second kappa shape index (κ2) is 6.91.